The van der Waals surface area contributed by atoms with E-state index in [2.05, 4.69) is 5.32 Å². The number of aldehydes is 1. The molecule has 3 rings (SSSR count). The first-order chi connectivity index (χ1) is 11.9. The smallest absolute Gasteiger partial charge is 0.261 e. The lowest BCUT2D eigenvalue weighted by Crippen LogP contribution is -2.08. The Labute approximate surface area is 153 Å². The van der Waals surface area contributed by atoms with E-state index in [1.807, 2.05) is 31.2 Å². The van der Waals surface area contributed by atoms with Crippen LogP contribution in [0.4, 0.5) is 5.69 Å². The molecule has 0 spiro atoms. The van der Waals surface area contributed by atoms with E-state index < -0.39 is 9.05 Å². The van der Waals surface area contributed by atoms with Gasteiger partial charge in [-0.3, -0.25) is 4.79 Å². The van der Waals surface area contributed by atoms with Crippen molar-refractivity contribution in [3.8, 4) is 0 Å². The van der Waals surface area contributed by atoms with Crippen molar-refractivity contribution in [3.63, 3.8) is 0 Å². The number of hydrogen-bond acceptors (Lipinski definition) is 4. The van der Waals surface area contributed by atoms with E-state index in [1.165, 1.54) is 5.56 Å². The highest BCUT2D eigenvalue weighted by atomic mass is 35.7. The van der Waals surface area contributed by atoms with E-state index in [9.17, 15) is 13.2 Å². The van der Waals surface area contributed by atoms with Gasteiger partial charge in [0, 0.05) is 29.0 Å². The molecule has 0 aromatic heterocycles. The van der Waals surface area contributed by atoms with Crippen molar-refractivity contribution >= 4 is 31.7 Å². The summed E-state index contributed by atoms with van der Waals surface area (Å²) in [5.74, 6) is 0. The van der Waals surface area contributed by atoms with Crippen LogP contribution in [0, 0.1) is 6.92 Å². The second-order valence-electron chi connectivity index (χ2n) is 5.98. The summed E-state index contributed by atoms with van der Waals surface area (Å²) in [6, 6.07) is 10.8. The van der Waals surface area contributed by atoms with Gasteiger partial charge in [0.25, 0.3) is 9.05 Å². The number of benzene rings is 2. The van der Waals surface area contributed by atoms with Crippen molar-refractivity contribution in [2.45, 2.75) is 37.5 Å². The molecule has 0 aliphatic heterocycles. The van der Waals surface area contributed by atoms with Gasteiger partial charge in [-0.1, -0.05) is 24.3 Å². The topological polar surface area (TPSA) is 63.2 Å². The molecule has 0 heterocycles. The largest absolute Gasteiger partial charge is 0.388 e. The Balaban J connectivity index is 0.000000212. The Morgan fingerprint density at radius 2 is 1.80 bits per heavy atom. The van der Waals surface area contributed by atoms with Crippen LogP contribution in [0.25, 0.3) is 0 Å². The normalized spacial score (nSPS) is 13.2. The van der Waals surface area contributed by atoms with Gasteiger partial charge in [0.1, 0.15) is 6.29 Å². The number of anilines is 1. The van der Waals surface area contributed by atoms with E-state index in [4.69, 9.17) is 10.7 Å². The number of nitrogens with one attached hydrogen (secondary N) is 1. The third kappa shape index (κ3) is 5.06. The van der Waals surface area contributed by atoms with Crippen LogP contribution in [0.1, 0.15) is 39.9 Å². The van der Waals surface area contributed by atoms with E-state index >= 15 is 0 Å². The Bertz CT molecular complexity index is 846. The summed E-state index contributed by atoms with van der Waals surface area (Å²) in [4.78, 5) is 10.4. The molecular formula is C19H22ClNO3S. The Morgan fingerprint density at radius 3 is 2.36 bits per heavy atom. The van der Waals surface area contributed by atoms with Crippen molar-refractivity contribution < 1.29 is 13.2 Å². The molecule has 1 aliphatic rings. The van der Waals surface area contributed by atoms with Crippen molar-refractivity contribution in [2.75, 3.05) is 12.4 Å². The van der Waals surface area contributed by atoms with Gasteiger partial charge < -0.3 is 5.32 Å². The number of hydrogen-bond donors (Lipinski definition) is 1. The lowest BCUT2D eigenvalue weighted by Gasteiger charge is -2.20. The molecule has 1 aliphatic carbocycles. The number of fused-ring (bicyclic) bond motifs is 1. The summed E-state index contributed by atoms with van der Waals surface area (Å²) < 4.78 is 22.6. The maximum Gasteiger partial charge on any atom is 0.261 e. The van der Waals surface area contributed by atoms with Crippen LogP contribution in [-0.2, 0) is 21.9 Å². The molecule has 4 nitrogen and oxygen atoms in total. The van der Waals surface area contributed by atoms with Gasteiger partial charge in [0.05, 0.1) is 4.90 Å². The van der Waals surface area contributed by atoms with E-state index in [0.717, 1.165) is 54.3 Å². The predicted molar refractivity (Wildman–Crippen MR) is 102 cm³/mol. The van der Waals surface area contributed by atoms with Crippen molar-refractivity contribution in [3.05, 3.63) is 58.7 Å². The molecule has 0 saturated carbocycles. The summed E-state index contributed by atoms with van der Waals surface area (Å²) in [6.45, 7) is 1.92. The van der Waals surface area contributed by atoms with Gasteiger partial charge in [-0.25, -0.2) is 8.42 Å². The number of aryl methyl sites for hydroxylation is 2. The second kappa shape index (κ2) is 8.50. The average molecular weight is 380 g/mol. The van der Waals surface area contributed by atoms with Crippen LogP contribution < -0.4 is 5.32 Å². The molecule has 0 unspecified atom stereocenters. The molecule has 0 saturated heterocycles. The number of carbonyl (C=O) groups excluding carboxylic acids is 1. The van der Waals surface area contributed by atoms with Crippen molar-refractivity contribution in [1.82, 2.24) is 0 Å². The molecule has 0 bridgehead atoms. The maximum absolute atomic E-state index is 11.3. The fourth-order valence-corrected chi connectivity index (χ4v) is 3.73. The van der Waals surface area contributed by atoms with Gasteiger partial charge >= 0.3 is 0 Å². The molecule has 134 valence electrons. The third-order valence-corrected chi connectivity index (χ3v) is 5.64. The molecule has 1 N–H and O–H groups in total. The van der Waals surface area contributed by atoms with Gasteiger partial charge in [-0.05, 0) is 61.4 Å². The minimum Gasteiger partial charge on any atom is -0.388 e. The first-order valence-electron chi connectivity index (χ1n) is 8.16. The minimum atomic E-state index is -3.64. The molecule has 0 atom stereocenters. The van der Waals surface area contributed by atoms with Gasteiger partial charge in [-0.15, -0.1) is 0 Å². The number of carbonyl (C=O) groups is 1. The molecule has 0 radical (unpaired) electrons. The molecular weight excluding hydrogens is 358 g/mol. The average Bonchev–Trinajstić information content (AvgIpc) is 2.61. The molecule has 2 aromatic carbocycles. The minimum absolute atomic E-state index is 0.194. The zero-order chi connectivity index (χ0) is 18.4. The highest BCUT2D eigenvalue weighted by molar-refractivity contribution is 8.13. The van der Waals surface area contributed by atoms with E-state index in [0.29, 0.717) is 0 Å². The fraction of sp³-hybridized carbons (Fsp3) is 0.316. The summed E-state index contributed by atoms with van der Waals surface area (Å²) >= 11 is 0. The summed E-state index contributed by atoms with van der Waals surface area (Å²) in [5.41, 5.74) is 5.04. The van der Waals surface area contributed by atoms with Crippen molar-refractivity contribution in [2.24, 2.45) is 0 Å². The number of rotatable bonds is 3. The zero-order valence-corrected chi connectivity index (χ0v) is 16.0. The molecule has 0 amide bonds. The summed E-state index contributed by atoms with van der Waals surface area (Å²) in [7, 11) is 3.54. The van der Waals surface area contributed by atoms with E-state index in [1.54, 1.807) is 19.2 Å². The first-order valence-corrected chi connectivity index (χ1v) is 10.5. The Kier molecular flexibility index (Phi) is 6.62. The molecule has 0 fully saturated rings. The van der Waals surface area contributed by atoms with Crippen LogP contribution in [-0.4, -0.2) is 21.8 Å². The highest BCUT2D eigenvalue weighted by Gasteiger charge is 2.18. The first kappa shape index (κ1) is 19.5. The lowest BCUT2D eigenvalue weighted by molar-refractivity contribution is 0.112. The van der Waals surface area contributed by atoms with Gasteiger partial charge in [0.15, 0.2) is 0 Å². The monoisotopic (exact) mass is 379 g/mol. The Morgan fingerprint density at radius 1 is 1.12 bits per heavy atom. The standard InChI is InChI=1S/C11H14ClNO2S.C8H8O/c1-13-11-7-9(16(12,14)15)6-8-4-2-3-5-10(8)11;1-7-4-2-3-5-8(7)6-9/h6-7,13H,2-5H2,1H3;2-6H,1H3. The van der Waals surface area contributed by atoms with Crippen LogP contribution in [0.15, 0.2) is 41.3 Å². The van der Waals surface area contributed by atoms with Crippen LogP contribution in [0.5, 0.6) is 0 Å². The van der Waals surface area contributed by atoms with Gasteiger partial charge in [0.2, 0.25) is 0 Å². The molecule has 6 heteroatoms. The fourth-order valence-electron chi connectivity index (χ4n) is 2.92. The van der Waals surface area contributed by atoms with Gasteiger partial charge in [-0.2, -0.15) is 0 Å². The van der Waals surface area contributed by atoms with Crippen molar-refractivity contribution in [1.29, 1.82) is 0 Å². The second-order valence-corrected chi connectivity index (χ2v) is 8.54. The van der Waals surface area contributed by atoms with E-state index in [-0.39, 0.29) is 4.90 Å². The summed E-state index contributed by atoms with van der Waals surface area (Å²) in [5, 5.41) is 3.04. The van der Waals surface area contributed by atoms with Crippen LogP contribution >= 0.6 is 10.7 Å². The summed E-state index contributed by atoms with van der Waals surface area (Å²) in [6.07, 6.45) is 5.09. The SMILES string of the molecule is CNc1cc(S(=O)(=O)Cl)cc2c1CCCC2.Cc1ccccc1C=O. The van der Waals surface area contributed by atoms with Crippen LogP contribution in [0.2, 0.25) is 0 Å². The number of halogens is 1. The molecule has 2 aromatic rings. The van der Waals surface area contributed by atoms with Crippen LogP contribution in [0.3, 0.4) is 0 Å². The molecule has 25 heavy (non-hydrogen) atoms. The Hall–Kier alpha value is -1.85. The third-order valence-electron chi connectivity index (χ3n) is 4.31. The maximum atomic E-state index is 11.3. The lowest BCUT2D eigenvalue weighted by atomic mass is 9.90. The highest BCUT2D eigenvalue weighted by Crippen LogP contribution is 2.31. The predicted octanol–water partition coefficient (Wildman–Crippen LogP) is 4.34. The quantitative estimate of drug-likeness (QED) is 0.636. The zero-order valence-electron chi connectivity index (χ0n) is 14.4.